The van der Waals surface area contributed by atoms with Gasteiger partial charge in [-0.2, -0.15) is 0 Å². The van der Waals surface area contributed by atoms with E-state index in [2.05, 4.69) is 0 Å². The van der Waals surface area contributed by atoms with Crippen molar-refractivity contribution < 1.29 is 14.6 Å². The van der Waals surface area contributed by atoms with Crippen molar-refractivity contribution in [2.24, 2.45) is 0 Å². The summed E-state index contributed by atoms with van der Waals surface area (Å²) in [5, 5.41) is 8.92. The van der Waals surface area contributed by atoms with Crippen molar-refractivity contribution in [3.05, 3.63) is 0 Å². The minimum absolute atomic E-state index is 0.196. The molecule has 0 aromatic carbocycles. The van der Waals surface area contributed by atoms with Crippen molar-refractivity contribution in [2.45, 2.75) is 52.6 Å². The average Bonchev–Trinajstić information content (AvgIpc) is 1.79. The van der Waals surface area contributed by atoms with Crippen LogP contribution in [0.2, 0.25) is 0 Å². The first-order valence-corrected chi connectivity index (χ1v) is 4.29. The second kappa shape index (κ2) is 4.80. The summed E-state index contributed by atoms with van der Waals surface area (Å²) in [6.45, 7) is 9.73. The lowest BCUT2D eigenvalue weighted by Gasteiger charge is -2.25. The lowest BCUT2D eigenvalue weighted by molar-refractivity contribution is -0.193. The van der Waals surface area contributed by atoms with E-state index >= 15 is 0 Å². The fourth-order valence-electron chi connectivity index (χ4n) is 0.807. The lowest BCUT2D eigenvalue weighted by atomic mass is 10.2. The first kappa shape index (κ1) is 11.9. The summed E-state index contributed by atoms with van der Waals surface area (Å²) in [5.41, 5.74) is -0.196. The molecule has 3 nitrogen and oxygen atoms in total. The summed E-state index contributed by atoms with van der Waals surface area (Å²) in [6.07, 6.45) is -0.699. The zero-order valence-corrected chi connectivity index (χ0v) is 8.63. The van der Waals surface area contributed by atoms with E-state index in [0.717, 1.165) is 0 Å². The van der Waals surface area contributed by atoms with Crippen LogP contribution in [0, 0.1) is 0 Å². The largest absolute Gasteiger partial charge is 0.391 e. The molecule has 0 spiro atoms. The van der Waals surface area contributed by atoms with Gasteiger partial charge in [0.1, 0.15) is 0 Å². The fourth-order valence-corrected chi connectivity index (χ4v) is 0.807. The molecule has 0 aromatic rings. The molecule has 0 aliphatic heterocycles. The molecule has 0 rings (SSSR count). The van der Waals surface area contributed by atoms with E-state index in [4.69, 9.17) is 14.6 Å². The first-order chi connectivity index (χ1) is 5.31. The Kier molecular flexibility index (Phi) is 4.75. The van der Waals surface area contributed by atoms with Crippen LogP contribution in [-0.2, 0) is 9.47 Å². The zero-order chi connectivity index (χ0) is 9.78. The first-order valence-electron chi connectivity index (χ1n) is 4.29. The minimum atomic E-state index is -0.434. The van der Waals surface area contributed by atoms with Crippen LogP contribution < -0.4 is 0 Å². The van der Waals surface area contributed by atoms with Gasteiger partial charge < -0.3 is 14.6 Å². The van der Waals surface area contributed by atoms with Crippen molar-refractivity contribution in [3.8, 4) is 0 Å². The molecule has 3 heteroatoms. The van der Waals surface area contributed by atoms with E-state index in [-0.39, 0.29) is 11.9 Å². The Hall–Kier alpha value is -0.120. The van der Waals surface area contributed by atoms with Gasteiger partial charge in [0, 0.05) is 0 Å². The van der Waals surface area contributed by atoms with Crippen LogP contribution >= 0.6 is 0 Å². The smallest absolute Gasteiger partial charge is 0.155 e. The Bertz CT molecular complexity index is 115. The van der Waals surface area contributed by atoms with E-state index in [0.29, 0.717) is 6.61 Å². The van der Waals surface area contributed by atoms with Gasteiger partial charge in [0.2, 0.25) is 0 Å². The third-order valence-electron chi connectivity index (χ3n) is 1.09. The van der Waals surface area contributed by atoms with Gasteiger partial charge >= 0.3 is 0 Å². The maximum absolute atomic E-state index is 8.92. The third kappa shape index (κ3) is 7.98. The molecule has 0 saturated carbocycles. The van der Waals surface area contributed by atoms with E-state index in [9.17, 15) is 0 Å². The van der Waals surface area contributed by atoms with Gasteiger partial charge in [-0.15, -0.1) is 0 Å². The van der Waals surface area contributed by atoms with Crippen LogP contribution in [0.15, 0.2) is 0 Å². The summed E-state index contributed by atoms with van der Waals surface area (Å²) >= 11 is 0. The summed E-state index contributed by atoms with van der Waals surface area (Å²) in [4.78, 5) is 0. The van der Waals surface area contributed by atoms with Gasteiger partial charge in [0.15, 0.2) is 6.29 Å². The topological polar surface area (TPSA) is 38.7 Å². The molecule has 74 valence electrons. The van der Waals surface area contributed by atoms with Gasteiger partial charge in [0.05, 0.1) is 18.3 Å². The minimum Gasteiger partial charge on any atom is -0.391 e. The highest BCUT2D eigenvalue weighted by atomic mass is 16.7. The molecular weight excluding hydrogens is 156 g/mol. The van der Waals surface area contributed by atoms with E-state index in [1.807, 2.05) is 27.7 Å². The number of hydrogen-bond acceptors (Lipinski definition) is 3. The van der Waals surface area contributed by atoms with Crippen LogP contribution in [0.4, 0.5) is 0 Å². The van der Waals surface area contributed by atoms with E-state index in [1.54, 1.807) is 6.92 Å². The molecule has 0 aliphatic carbocycles. The number of hydrogen-bond donors (Lipinski definition) is 1. The van der Waals surface area contributed by atoms with Crippen molar-refractivity contribution in [1.82, 2.24) is 0 Å². The fraction of sp³-hybridized carbons (Fsp3) is 1.00. The normalized spacial score (nSPS) is 17.5. The summed E-state index contributed by atoms with van der Waals surface area (Å²) in [5.74, 6) is 0. The van der Waals surface area contributed by atoms with Gasteiger partial charge in [-0.3, -0.25) is 0 Å². The van der Waals surface area contributed by atoms with Crippen molar-refractivity contribution in [1.29, 1.82) is 0 Å². The van der Waals surface area contributed by atoms with Crippen LogP contribution in [-0.4, -0.2) is 29.7 Å². The SMILES string of the molecule is CC(O)COC(C)OC(C)(C)C. The molecule has 0 amide bonds. The van der Waals surface area contributed by atoms with Gasteiger partial charge in [-0.25, -0.2) is 0 Å². The van der Waals surface area contributed by atoms with E-state index in [1.165, 1.54) is 0 Å². The van der Waals surface area contributed by atoms with Crippen molar-refractivity contribution in [2.75, 3.05) is 6.61 Å². The van der Waals surface area contributed by atoms with E-state index < -0.39 is 6.10 Å². The van der Waals surface area contributed by atoms with Crippen LogP contribution in [0.1, 0.15) is 34.6 Å². The van der Waals surface area contributed by atoms with Gasteiger partial charge in [-0.05, 0) is 34.6 Å². The monoisotopic (exact) mass is 176 g/mol. The summed E-state index contributed by atoms with van der Waals surface area (Å²) in [6, 6.07) is 0. The maximum Gasteiger partial charge on any atom is 0.155 e. The molecule has 1 N–H and O–H groups in total. The van der Waals surface area contributed by atoms with Gasteiger partial charge in [-0.1, -0.05) is 0 Å². The second-order valence-corrected chi connectivity index (χ2v) is 3.98. The molecule has 0 radical (unpaired) electrons. The quantitative estimate of drug-likeness (QED) is 0.660. The Morgan fingerprint density at radius 3 is 2.08 bits per heavy atom. The Morgan fingerprint density at radius 1 is 1.25 bits per heavy atom. The predicted octanol–water partition coefficient (Wildman–Crippen LogP) is 1.54. The molecule has 2 atom stereocenters. The molecular formula is C9H20O3. The molecule has 0 fully saturated rings. The maximum atomic E-state index is 8.92. The van der Waals surface area contributed by atoms with Crippen LogP contribution in [0.5, 0.6) is 0 Å². The number of aliphatic hydroxyl groups is 1. The highest BCUT2D eigenvalue weighted by Gasteiger charge is 2.15. The Balaban J connectivity index is 3.53. The average molecular weight is 176 g/mol. The van der Waals surface area contributed by atoms with Crippen molar-refractivity contribution in [3.63, 3.8) is 0 Å². The second-order valence-electron chi connectivity index (χ2n) is 3.98. The predicted molar refractivity (Wildman–Crippen MR) is 47.9 cm³/mol. The van der Waals surface area contributed by atoms with Gasteiger partial charge in [0.25, 0.3) is 0 Å². The molecule has 0 aromatic heterocycles. The molecule has 0 bridgehead atoms. The molecule has 12 heavy (non-hydrogen) atoms. The van der Waals surface area contributed by atoms with Crippen LogP contribution in [0.25, 0.3) is 0 Å². The highest BCUT2D eigenvalue weighted by molar-refractivity contribution is 4.59. The van der Waals surface area contributed by atoms with Crippen LogP contribution in [0.3, 0.4) is 0 Å². The Morgan fingerprint density at radius 2 is 1.75 bits per heavy atom. The van der Waals surface area contributed by atoms with Crippen molar-refractivity contribution >= 4 is 0 Å². The molecule has 0 aliphatic rings. The molecule has 0 saturated heterocycles. The molecule has 2 unspecified atom stereocenters. The summed E-state index contributed by atoms with van der Waals surface area (Å²) in [7, 11) is 0. The number of ether oxygens (including phenoxy) is 2. The standard InChI is InChI=1S/C9H20O3/c1-7(10)6-11-8(2)12-9(3,4)5/h7-8,10H,6H2,1-5H3. The summed E-state index contributed by atoms with van der Waals surface area (Å²) < 4.78 is 10.7. The third-order valence-corrected chi connectivity index (χ3v) is 1.09. The molecule has 0 heterocycles. The number of aliphatic hydroxyl groups excluding tert-OH is 1. The Labute approximate surface area is 74.7 Å². The lowest BCUT2D eigenvalue weighted by Crippen LogP contribution is -2.29. The number of rotatable bonds is 4. The highest BCUT2D eigenvalue weighted by Crippen LogP contribution is 2.11. The zero-order valence-electron chi connectivity index (χ0n) is 8.63.